The second-order valence-electron chi connectivity index (χ2n) is 5.76. The molecule has 6 nitrogen and oxygen atoms in total. The van der Waals surface area contributed by atoms with E-state index < -0.39 is 0 Å². The molecule has 0 spiro atoms. The molecule has 1 aliphatic rings. The molecule has 1 saturated heterocycles. The highest BCUT2D eigenvalue weighted by atomic mass is 32.2. The van der Waals surface area contributed by atoms with Crippen LogP contribution in [0.2, 0.25) is 0 Å². The van der Waals surface area contributed by atoms with Crippen LogP contribution < -0.4 is 4.90 Å². The zero-order valence-electron chi connectivity index (χ0n) is 13.9. The number of aromatic nitrogens is 2. The van der Waals surface area contributed by atoms with Gasteiger partial charge in [-0.2, -0.15) is 0 Å². The molecule has 1 N–H and O–H groups in total. The first-order valence-electron chi connectivity index (χ1n) is 8.05. The lowest BCUT2D eigenvalue weighted by molar-refractivity contribution is -0.113. The minimum atomic E-state index is -0.319. The van der Waals surface area contributed by atoms with Crippen molar-refractivity contribution in [1.82, 2.24) is 10.3 Å². The fourth-order valence-electron chi connectivity index (χ4n) is 2.69. The van der Waals surface area contributed by atoms with Crippen LogP contribution in [-0.4, -0.2) is 25.6 Å². The van der Waals surface area contributed by atoms with Gasteiger partial charge in [0.15, 0.2) is 4.32 Å². The van der Waals surface area contributed by atoms with E-state index in [2.05, 4.69) is 10.3 Å². The van der Waals surface area contributed by atoms with Gasteiger partial charge < -0.3 is 5.11 Å². The fraction of sp³-hybridized carbons (Fsp3) is 0.0526. The third-order valence-electron chi connectivity index (χ3n) is 3.98. The van der Waals surface area contributed by atoms with E-state index in [0.717, 1.165) is 17.3 Å². The number of para-hydroxylation sites is 2. The Morgan fingerprint density at radius 2 is 1.85 bits per heavy atom. The molecule has 1 fully saturated rings. The first-order valence-corrected chi connectivity index (χ1v) is 9.27. The molecule has 1 amide bonds. The summed E-state index contributed by atoms with van der Waals surface area (Å²) in [6.45, 7) is 0. The molecule has 1 aromatic heterocycles. The number of rotatable bonds is 4. The standard InChI is InChI=1S/C19H13N3O3S2/c23-16-9-5-4-8-15(16)22-18(24)17(27-19(22)26)11-14-13(20-25-21-14)10-12-6-2-1-3-7-12/h1-9,11,23H,10H2. The first-order chi connectivity index (χ1) is 13.1. The van der Waals surface area contributed by atoms with Crippen LogP contribution in [0.15, 0.2) is 64.1 Å². The topological polar surface area (TPSA) is 79.5 Å². The maximum Gasteiger partial charge on any atom is 0.270 e. The van der Waals surface area contributed by atoms with Gasteiger partial charge in [0.1, 0.15) is 17.1 Å². The molecule has 1 aliphatic heterocycles. The van der Waals surface area contributed by atoms with Gasteiger partial charge >= 0.3 is 0 Å². The molecule has 3 aromatic rings. The number of carbonyl (C=O) groups is 1. The third kappa shape index (κ3) is 3.49. The molecular weight excluding hydrogens is 382 g/mol. The van der Waals surface area contributed by atoms with Crippen molar-refractivity contribution in [3.05, 3.63) is 76.5 Å². The van der Waals surface area contributed by atoms with E-state index in [1.165, 1.54) is 11.0 Å². The van der Waals surface area contributed by atoms with E-state index in [1.54, 1.807) is 24.3 Å². The van der Waals surface area contributed by atoms with Crippen LogP contribution in [0.3, 0.4) is 0 Å². The zero-order valence-corrected chi connectivity index (χ0v) is 15.5. The smallest absolute Gasteiger partial charge is 0.270 e. The molecule has 0 saturated carbocycles. The predicted octanol–water partition coefficient (Wildman–Crippen LogP) is 3.77. The van der Waals surface area contributed by atoms with Crippen molar-refractivity contribution in [1.29, 1.82) is 0 Å². The number of carbonyl (C=O) groups excluding carboxylic acids is 1. The van der Waals surface area contributed by atoms with Crippen LogP contribution in [-0.2, 0) is 11.2 Å². The highest BCUT2D eigenvalue weighted by molar-refractivity contribution is 8.27. The first kappa shape index (κ1) is 17.4. The summed E-state index contributed by atoms with van der Waals surface area (Å²) >= 11 is 6.47. The van der Waals surface area contributed by atoms with Crippen LogP contribution in [0.25, 0.3) is 6.08 Å². The Kier molecular flexibility index (Phi) is 4.74. The number of hydrogen-bond donors (Lipinski definition) is 1. The number of thioether (sulfide) groups is 1. The minimum absolute atomic E-state index is 0.0112. The van der Waals surface area contributed by atoms with Crippen LogP contribution in [0.5, 0.6) is 5.75 Å². The lowest BCUT2D eigenvalue weighted by atomic mass is 10.1. The Morgan fingerprint density at radius 1 is 1.11 bits per heavy atom. The molecular formula is C19H13N3O3S2. The normalized spacial score (nSPS) is 15.7. The van der Waals surface area contributed by atoms with Crippen molar-refractivity contribution in [2.45, 2.75) is 6.42 Å². The Balaban J connectivity index is 1.63. The summed E-state index contributed by atoms with van der Waals surface area (Å²) in [7, 11) is 0. The van der Waals surface area contributed by atoms with Crippen molar-refractivity contribution in [3.63, 3.8) is 0 Å². The van der Waals surface area contributed by atoms with E-state index in [-0.39, 0.29) is 11.7 Å². The van der Waals surface area contributed by atoms with E-state index in [0.29, 0.717) is 32.7 Å². The van der Waals surface area contributed by atoms with Crippen molar-refractivity contribution in [3.8, 4) is 5.75 Å². The molecule has 0 aliphatic carbocycles. The molecule has 0 atom stereocenters. The van der Waals surface area contributed by atoms with E-state index in [1.807, 2.05) is 30.3 Å². The number of hydrogen-bond acceptors (Lipinski definition) is 7. The maximum atomic E-state index is 12.8. The number of phenolic OH excluding ortho intramolecular Hbond substituents is 1. The van der Waals surface area contributed by atoms with Gasteiger partial charge in [-0.05, 0) is 23.8 Å². The predicted molar refractivity (Wildman–Crippen MR) is 107 cm³/mol. The van der Waals surface area contributed by atoms with Crippen LogP contribution >= 0.6 is 24.0 Å². The van der Waals surface area contributed by atoms with E-state index in [9.17, 15) is 9.90 Å². The Morgan fingerprint density at radius 3 is 2.63 bits per heavy atom. The van der Waals surface area contributed by atoms with Crippen molar-refractivity contribution < 1.29 is 14.5 Å². The molecule has 8 heteroatoms. The van der Waals surface area contributed by atoms with Gasteiger partial charge in [-0.1, -0.05) is 76.8 Å². The zero-order chi connectivity index (χ0) is 18.8. The number of phenols is 1. The van der Waals surface area contributed by atoms with Gasteiger partial charge in [0, 0.05) is 6.42 Å². The van der Waals surface area contributed by atoms with Gasteiger partial charge in [-0.15, -0.1) is 0 Å². The minimum Gasteiger partial charge on any atom is -0.506 e. The summed E-state index contributed by atoms with van der Waals surface area (Å²) < 4.78 is 5.21. The summed E-state index contributed by atoms with van der Waals surface area (Å²) in [4.78, 5) is 14.5. The highest BCUT2D eigenvalue weighted by Gasteiger charge is 2.35. The average molecular weight is 395 g/mol. The molecule has 0 bridgehead atoms. The quantitative estimate of drug-likeness (QED) is 0.532. The lowest BCUT2D eigenvalue weighted by Gasteiger charge is -2.15. The summed E-state index contributed by atoms with van der Waals surface area (Å²) in [5, 5.41) is 17.9. The number of nitrogens with zero attached hydrogens (tertiary/aromatic N) is 3. The summed E-state index contributed by atoms with van der Waals surface area (Å²) in [5.41, 5.74) is 2.53. The van der Waals surface area contributed by atoms with Gasteiger partial charge in [0.05, 0.1) is 10.6 Å². The highest BCUT2D eigenvalue weighted by Crippen LogP contribution is 2.39. The molecule has 27 heavy (non-hydrogen) atoms. The van der Waals surface area contributed by atoms with Crippen molar-refractivity contribution >= 4 is 46.0 Å². The Hall–Kier alpha value is -2.97. The van der Waals surface area contributed by atoms with Gasteiger partial charge in [-0.3, -0.25) is 9.69 Å². The summed E-state index contributed by atoms with van der Waals surface area (Å²) in [6.07, 6.45) is 2.16. The molecule has 2 heterocycles. The Bertz CT molecular complexity index is 1050. The van der Waals surface area contributed by atoms with Crippen molar-refractivity contribution in [2.24, 2.45) is 0 Å². The van der Waals surface area contributed by atoms with Gasteiger partial charge in [0.2, 0.25) is 0 Å². The second kappa shape index (κ2) is 7.34. The number of benzene rings is 2. The van der Waals surface area contributed by atoms with E-state index in [4.69, 9.17) is 16.8 Å². The number of aromatic hydroxyl groups is 1. The van der Waals surface area contributed by atoms with Crippen molar-refractivity contribution in [2.75, 3.05) is 4.90 Å². The largest absolute Gasteiger partial charge is 0.506 e. The van der Waals surface area contributed by atoms with Gasteiger partial charge in [-0.25, -0.2) is 4.63 Å². The average Bonchev–Trinajstić information content (AvgIpc) is 3.21. The van der Waals surface area contributed by atoms with Gasteiger partial charge in [0.25, 0.3) is 5.91 Å². The number of thiocarbonyl (C=S) groups is 1. The molecule has 0 radical (unpaired) electrons. The number of amides is 1. The van der Waals surface area contributed by atoms with Crippen LogP contribution in [0.4, 0.5) is 5.69 Å². The van der Waals surface area contributed by atoms with Crippen LogP contribution in [0.1, 0.15) is 17.0 Å². The molecule has 0 unspecified atom stereocenters. The third-order valence-corrected chi connectivity index (χ3v) is 5.29. The Labute approximate surface area is 164 Å². The summed E-state index contributed by atoms with van der Waals surface area (Å²) in [5.74, 6) is -0.330. The molecule has 2 aromatic carbocycles. The number of anilines is 1. The fourth-order valence-corrected chi connectivity index (χ4v) is 3.95. The monoisotopic (exact) mass is 395 g/mol. The second-order valence-corrected chi connectivity index (χ2v) is 7.44. The van der Waals surface area contributed by atoms with Crippen LogP contribution in [0, 0.1) is 0 Å². The molecule has 4 rings (SSSR count). The SMILES string of the molecule is O=C1C(=Cc2nonc2Cc2ccccc2)SC(=S)N1c1ccccc1O. The summed E-state index contributed by atoms with van der Waals surface area (Å²) in [6, 6.07) is 16.4. The molecule has 134 valence electrons. The van der Waals surface area contributed by atoms with E-state index >= 15 is 0 Å². The lowest BCUT2D eigenvalue weighted by Crippen LogP contribution is -2.27. The maximum absolute atomic E-state index is 12.8.